The van der Waals surface area contributed by atoms with Crippen molar-refractivity contribution in [3.05, 3.63) is 78.4 Å². The quantitative estimate of drug-likeness (QED) is 0.492. The third kappa shape index (κ3) is 4.50. The van der Waals surface area contributed by atoms with Crippen LogP contribution in [-0.4, -0.2) is 20.6 Å². The number of carbonyl (C=O) groups excluding carboxylic acids is 1. The van der Waals surface area contributed by atoms with Gasteiger partial charge in [-0.2, -0.15) is 0 Å². The van der Waals surface area contributed by atoms with Gasteiger partial charge >= 0.3 is 0 Å². The van der Waals surface area contributed by atoms with Gasteiger partial charge in [0.05, 0.1) is 17.8 Å². The Bertz CT molecular complexity index is 1120. The van der Waals surface area contributed by atoms with Gasteiger partial charge in [-0.05, 0) is 73.1 Å². The molecule has 2 aromatic heterocycles. The molecule has 2 fully saturated rings. The van der Waals surface area contributed by atoms with Gasteiger partial charge in [0.25, 0.3) is 0 Å². The van der Waals surface area contributed by atoms with Gasteiger partial charge in [-0.15, -0.1) is 0 Å². The van der Waals surface area contributed by atoms with Crippen LogP contribution >= 0.6 is 12.2 Å². The second kappa shape index (κ2) is 9.35. The molecule has 7 heteroatoms. The summed E-state index contributed by atoms with van der Waals surface area (Å²) in [6, 6.07) is 16.6. The van der Waals surface area contributed by atoms with Gasteiger partial charge in [-0.25, -0.2) is 0 Å². The Balaban J connectivity index is 1.51. The van der Waals surface area contributed by atoms with Crippen LogP contribution in [0, 0.1) is 0 Å². The van der Waals surface area contributed by atoms with Gasteiger partial charge in [-0.3, -0.25) is 9.78 Å². The standard InChI is InChI=1S/C26H29N5OS/c1-18(32)28-20-10-12-22(13-11-20)31-25(24(29-26(31)33)23-9-5-6-15-27-23)19-14-16-30(17-19)21-7-3-2-4-8-21/h5-6,9-17,21,24-25H,2-4,7-8H2,1H3,(H,28,32)(H,29,33)/t24-,25+/m0/s1. The fourth-order valence-corrected chi connectivity index (χ4v) is 5.44. The molecule has 1 aromatic carbocycles. The average molecular weight is 460 g/mol. The minimum Gasteiger partial charge on any atom is -0.351 e. The smallest absolute Gasteiger partial charge is 0.221 e. The zero-order chi connectivity index (χ0) is 22.8. The summed E-state index contributed by atoms with van der Waals surface area (Å²) in [5.74, 6) is -0.0849. The van der Waals surface area contributed by atoms with Crippen molar-refractivity contribution in [1.82, 2.24) is 14.9 Å². The van der Waals surface area contributed by atoms with Crippen LogP contribution in [0.2, 0.25) is 0 Å². The van der Waals surface area contributed by atoms with E-state index in [0.29, 0.717) is 11.2 Å². The van der Waals surface area contributed by atoms with E-state index >= 15 is 0 Å². The highest BCUT2D eigenvalue weighted by Gasteiger charge is 2.41. The monoisotopic (exact) mass is 459 g/mol. The van der Waals surface area contributed by atoms with Crippen molar-refractivity contribution in [2.75, 3.05) is 10.2 Å². The fraction of sp³-hybridized carbons (Fsp3) is 0.346. The van der Waals surface area contributed by atoms with Crippen LogP contribution in [0.1, 0.15) is 68.4 Å². The lowest BCUT2D eigenvalue weighted by atomic mass is 9.95. The number of hydrogen-bond donors (Lipinski definition) is 2. The summed E-state index contributed by atoms with van der Waals surface area (Å²) in [5.41, 5.74) is 3.93. The van der Waals surface area contributed by atoms with Gasteiger partial charge in [0.1, 0.15) is 0 Å². The van der Waals surface area contributed by atoms with Crippen molar-refractivity contribution in [2.24, 2.45) is 0 Å². The number of nitrogens with one attached hydrogen (secondary N) is 2. The van der Waals surface area contributed by atoms with Crippen molar-refractivity contribution in [2.45, 2.75) is 57.2 Å². The Morgan fingerprint density at radius 3 is 2.58 bits per heavy atom. The Morgan fingerprint density at radius 1 is 1.09 bits per heavy atom. The minimum atomic E-state index is -0.0849. The molecule has 2 aliphatic rings. The lowest BCUT2D eigenvalue weighted by molar-refractivity contribution is -0.114. The first-order valence-corrected chi connectivity index (χ1v) is 12.1. The zero-order valence-electron chi connectivity index (χ0n) is 18.8. The van der Waals surface area contributed by atoms with Crippen LogP contribution in [0.4, 0.5) is 11.4 Å². The SMILES string of the molecule is CC(=O)Nc1ccc(N2C(=S)N[C@@H](c3ccccn3)[C@H]2c2ccn(C3CCCCC3)c2)cc1. The van der Waals surface area contributed by atoms with Gasteiger partial charge in [0.2, 0.25) is 5.91 Å². The van der Waals surface area contributed by atoms with Crippen LogP contribution in [0.15, 0.2) is 67.1 Å². The van der Waals surface area contributed by atoms with E-state index in [4.69, 9.17) is 12.2 Å². The van der Waals surface area contributed by atoms with Crippen molar-refractivity contribution in [3.63, 3.8) is 0 Å². The predicted octanol–water partition coefficient (Wildman–Crippen LogP) is 5.52. The summed E-state index contributed by atoms with van der Waals surface area (Å²) in [7, 11) is 0. The Labute approximate surface area is 200 Å². The maximum atomic E-state index is 11.4. The van der Waals surface area contributed by atoms with E-state index in [2.05, 4.69) is 49.6 Å². The summed E-state index contributed by atoms with van der Waals surface area (Å²) < 4.78 is 2.39. The molecule has 1 saturated heterocycles. The van der Waals surface area contributed by atoms with Crippen LogP contribution in [0.5, 0.6) is 0 Å². The van der Waals surface area contributed by atoms with E-state index < -0.39 is 0 Å². The molecule has 0 unspecified atom stereocenters. The summed E-state index contributed by atoms with van der Waals surface area (Å²) in [6.45, 7) is 1.51. The number of thiocarbonyl (C=S) groups is 1. The van der Waals surface area contributed by atoms with Crippen LogP contribution in [-0.2, 0) is 4.79 Å². The number of anilines is 2. The number of benzene rings is 1. The molecular formula is C26H29N5OS. The topological polar surface area (TPSA) is 62.2 Å². The van der Waals surface area contributed by atoms with Crippen molar-refractivity contribution >= 4 is 34.6 Å². The second-order valence-electron chi connectivity index (χ2n) is 8.91. The Hall–Kier alpha value is -3.19. The van der Waals surface area contributed by atoms with E-state index in [1.807, 2.05) is 42.6 Å². The number of hydrogen-bond acceptors (Lipinski definition) is 3. The molecule has 3 aromatic rings. The van der Waals surface area contributed by atoms with E-state index in [1.54, 1.807) is 0 Å². The summed E-state index contributed by atoms with van der Waals surface area (Å²) >= 11 is 5.82. The number of pyridine rings is 1. The molecule has 1 saturated carbocycles. The van der Waals surface area contributed by atoms with Crippen LogP contribution in [0.25, 0.3) is 0 Å². The molecule has 170 valence electrons. The van der Waals surface area contributed by atoms with Crippen molar-refractivity contribution in [3.8, 4) is 0 Å². The molecule has 6 nitrogen and oxygen atoms in total. The highest BCUT2D eigenvalue weighted by Crippen LogP contribution is 2.42. The first kappa shape index (κ1) is 21.6. The van der Waals surface area contributed by atoms with E-state index in [9.17, 15) is 4.79 Å². The lowest BCUT2D eigenvalue weighted by Gasteiger charge is -2.28. The summed E-state index contributed by atoms with van der Waals surface area (Å²) in [4.78, 5) is 18.2. The van der Waals surface area contributed by atoms with Crippen molar-refractivity contribution < 1.29 is 4.79 Å². The van der Waals surface area contributed by atoms with E-state index in [1.165, 1.54) is 44.6 Å². The lowest BCUT2D eigenvalue weighted by Crippen LogP contribution is -2.29. The highest BCUT2D eigenvalue weighted by molar-refractivity contribution is 7.80. The third-order valence-electron chi connectivity index (χ3n) is 6.64. The number of nitrogens with zero attached hydrogens (tertiary/aromatic N) is 3. The molecule has 2 atom stereocenters. The molecule has 0 radical (unpaired) electrons. The highest BCUT2D eigenvalue weighted by atomic mass is 32.1. The second-order valence-corrected chi connectivity index (χ2v) is 9.30. The molecule has 5 rings (SSSR count). The molecule has 0 bridgehead atoms. The first-order valence-electron chi connectivity index (χ1n) is 11.7. The molecule has 2 N–H and O–H groups in total. The number of aromatic nitrogens is 2. The zero-order valence-corrected chi connectivity index (χ0v) is 19.6. The van der Waals surface area contributed by atoms with E-state index in [-0.39, 0.29) is 18.0 Å². The normalized spacial score (nSPS) is 21.1. The molecule has 1 aliphatic heterocycles. The molecule has 33 heavy (non-hydrogen) atoms. The number of carbonyl (C=O) groups is 1. The van der Waals surface area contributed by atoms with Gasteiger partial charge in [0.15, 0.2) is 5.11 Å². The minimum absolute atomic E-state index is 0.0242. The number of amides is 1. The maximum absolute atomic E-state index is 11.4. The van der Waals surface area contributed by atoms with Crippen LogP contribution < -0.4 is 15.5 Å². The largest absolute Gasteiger partial charge is 0.351 e. The molecule has 1 aliphatic carbocycles. The third-order valence-corrected chi connectivity index (χ3v) is 6.95. The van der Waals surface area contributed by atoms with Gasteiger partial charge in [0, 0.05) is 42.9 Å². The maximum Gasteiger partial charge on any atom is 0.221 e. The predicted molar refractivity (Wildman–Crippen MR) is 135 cm³/mol. The van der Waals surface area contributed by atoms with Gasteiger partial charge < -0.3 is 20.1 Å². The Kier molecular flexibility index (Phi) is 6.13. The Morgan fingerprint density at radius 2 is 1.88 bits per heavy atom. The summed E-state index contributed by atoms with van der Waals surface area (Å²) in [5, 5.41) is 7.02. The molecular weight excluding hydrogens is 430 g/mol. The fourth-order valence-electron chi connectivity index (χ4n) is 5.09. The molecule has 0 spiro atoms. The van der Waals surface area contributed by atoms with Crippen LogP contribution in [0.3, 0.4) is 0 Å². The summed E-state index contributed by atoms with van der Waals surface area (Å²) in [6.07, 6.45) is 12.8. The van der Waals surface area contributed by atoms with E-state index in [0.717, 1.165) is 17.1 Å². The molecule has 1 amide bonds. The number of rotatable bonds is 5. The van der Waals surface area contributed by atoms with Gasteiger partial charge in [-0.1, -0.05) is 25.3 Å². The molecule has 3 heterocycles. The first-order chi connectivity index (χ1) is 16.1. The van der Waals surface area contributed by atoms with Crippen molar-refractivity contribution in [1.29, 1.82) is 0 Å². The average Bonchev–Trinajstić information content (AvgIpc) is 3.45.